The van der Waals surface area contributed by atoms with E-state index in [9.17, 15) is 9.59 Å². The number of nitrogens with zero attached hydrogens (tertiary/aromatic N) is 4. The maximum absolute atomic E-state index is 12.8. The number of amides is 2. The first-order valence-corrected chi connectivity index (χ1v) is 9.74. The summed E-state index contributed by atoms with van der Waals surface area (Å²) in [6, 6.07) is 8.25. The van der Waals surface area contributed by atoms with Crippen LogP contribution in [-0.4, -0.2) is 74.5 Å². The van der Waals surface area contributed by atoms with E-state index in [0.29, 0.717) is 13.0 Å². The van der Waals surface area contributed by atoms with Gasteiger partial charge in [-0.05, 0) is 44.2 Å². The molecule has 1 aromatic rings. The van der Waals surface area contributed by atoms with Gasteiger partial charge < -0.3 is 19.6 Å². The lowest BCUT2D eigenvalue weighted by Gasteiger charge is -2.33. The van der Waals surface area contributed by atoms with E-state index in [1.807, 2.05) is 17.0 Å². The van der Waals surface area contributed by atoms with Crippen molar-refractivity contribution < 1.29 is 9.59 Å². The van der Waals surface area contributed by atoms with Gasteiger partial charge in [-0.25, -0.2) is 0 Å². The fraction of sp³-hybridized carbons (Fsp3) is 0.600. The van der Waals surface area contributed by atoms with Crippen LogP contribution in [0.1, 0.15) is 19.3 Å². The Hall–Kier alpha value is -2.08. The molecular weight excluding hydrogens is 328 g/mol. The van der Waals surface area contributed by atoms with Crippen LogP contribution in [0, 0.1) is 5.92 Å². The third kappa shape index (κ3) is 3.43. The zero-order chi connectivity index (χ0) is 18.1. The number of likely N-dealkylation sites (N-methyl/N-ethyl adjacent to an activating group) is 1. The molecule has 26 heavy (non-hydrogen) atoms. The molecule has 3 aliphatic heterocycles. The molecule has 0 saturated carbocycles. The lowest BCUT2D eigenvalue weighted by molar-refractivity contribution is -0.137. The Morgan fingerprint density at radius 2 is 1.54 bits per heavy atom. The van der Waals surface area contributed by atoms with Gasteiger partial charge in [0.1, 0.15) is 0 Å². The number of anilines is 2. The number of hydrogen-bond acceptors (Lipinski definition) is 4. The summed E-state index contributed by atoms with van der Waals surface area (Å²) < 4.78 is 0. The second kappa shape index (κ2) is 7.27. The maximum atomic E-state index is 12.8. The van der Waals surface area contributed by atoms with Crippen LogP contribution in [0.25, 0.3) is 0 Å². The van der Waals surface area contributed by atoms with Gasteiger partial charge in [0, 0.05) is 63.6 Å². The lowest BCUT2D eigenvalue weighted by atomic mass is 10.1. The number of hydrogen-bond donors (Lipinski definition) is 0. The lowest BCUT2D eigenvalue weighted by Crippen LogP contribution is -2.49. The van der Waals surface area contributed by atoms with E-state index in [-0.39, 0.29) is 17.7 Å². The Morgan fingerprint density at radius 3 is 2.19 bits per heavy atom. The molecule has 0 N–H and O–H groups in total. The van der Waals surface area contributed by atoms with E-state index >= 15 is 0 Å². The summed E-state index contributed by atoms with van der Waals surface area (Å²) in [5, 5.41) is 0. The monoisotopic (exact) mass is 356 g/mol. The maximum Gasteiger partial charge on any atom is 0.228 e. The third-order valence-corrected chi connectivity index (χ3v) is 5.92. The smallest absolute Gasteiger partial charge is 0.228 e. The minimum atomic E-state index is -0.204. The van der Waals surface area contributed by atoms with E-state index in [2.05, 4.69) is 29.0 Å². The zero-order valence-corrected chi connectivity index (χ0v) is 15.6. The average Bonchev–Trinajstić information content (AvgIpc) is 3.32. The van der Waals surface area contributed by atoms with Gasteiger partial charge in [0.15, 0.2) is 0 Å². The van der Waals surface area contributed by atoms with Crippen molar-refractivity contribution in [3.8, 4) is 0 Å². The Labute approximate surface area is 155 Å². The molecule has 2 amide bonds. The molecule has 0 spiro atoms. The van der Waals surface area contributed by atoms with E-state index in [1.165, 1.54) is 18.5 Å². The topological polar surface area (TPSA) is 47.1 Å². The first-order valence-electron chi connectivity index (χ1n) is 9.74. The summed E-state index contributed by atoms with van der Waals surface area (Å²) in [6.45, 7) is 6.09. The van der Waals surface area contributed by atoms with Crippen molar-refractivity contribution in [2.24, 2.45) is 5.92 Å². The minimum absolute atomic E-state index is 0.0615. The summed E-state index contributed by atoms with van der Waals surface area (Å²) >= 11 is 0. The molecule has 6 nitrogen and oxygen atoms in total. The Morgan fingerprint density at radius 1 is 0.923 bits per heavy atom. The number of carbonyl (C=O) groups excluding carboxylic acids is 2. The highest BCUT2D eigenvalue weighted by molar-refractivity contribution is 6.00. The number of benzene rings is 1. The molecule has 0 aliphatic carbocycles. The Balaban J connectivity index is 1.40. The molecule has 6 heteroatoms. The summed E-state index contributed by atoms with van der Waals surface area (Å²) in [6.07, 6.45) is 2.84. The number of piperazine rings is 1. The Kier molecular flexibility index (Phi) is 4.85. The highest BCUT2D eigenvalue weighted by Gasteiger charge is 2.37. The van der Waals surface area contributed by atoms with Gasteiger partial charge >= 0.3 is 0 Å². The van der Waals surface area contributed by atoms with Crippen molar-refractivity contribution in [3.05, 3.63) is 24.3 Å². The fourth-order valence-electron chi connectivity index (χ4n) is 4.23. The van der Waals surface area contributed by atoms with Crippen LogP contribution in [0.4, 0.5) is 11.4 Å². The molecule has 3 aliphatic rings. The van der Waals surface area contributed by atoms with Gasteiger partial charge in [0.25, 0.3) is 0 Å². The molecular formula is C20H28N4O2. The SMILES string of the molecule is CN1CCN(C(=O)C2CC(=O)N(c3ccc(N4CCCC4)cc3)C2)CC1. The number of rotatable bonds is 3. The average molecular weight is 356 g/mol. The molecule has 1 aromatic carbocycles. The molecule has 3 saturated heterocycles. The van der Waals surface area contributed by atoms with Crippen LogP contribution in [0.5, 0.6) is 0 Å². The van der Waals surface area contributed by atoms with E-state index < -0.39 is 0 Å². The molecule has 1 atom stereocenters. The highest BCUT2D eigenvalue weighted by Crippen LogP contribution is 2.29. The van der Waals surface area contributed by atoms with Gasteiger partial charge in [-0.2, -0.15) is 0 Å². The van der Waals surface area contributed by atoms with Crippen molar-refractivity contribution >= 4 is 23.2 Å². The van der Waals surface area contributed by atoms with Crippen LogP contribution in [0.2, 0.25) is 0 Å². The van der Waals surface area contributed by atoms with Gasteiger partial charge in [-0.3, -0.25) is 9.59 Å². The molecule has 3 heterocycles. The van der Waals surface area contributed by atoms with E-state index in [1.54, 1.807) is 4.90 Å². The predicted octanol–water partition coefficient (Wildman–Crippen LogP) is 1.41. The first kappa shape index (κ1) is 17.3. The van der Waals surface area contributed by atoms with Crippen molar-refractivity contribution in [2.45, 2.75) is 19.3 Å². The molecule has 1 unspecified atom stereocenters. The molecule has 0 bridgehead atoms. The molecule has 0 aromatic heterocycles. The van der Waals surface area contributed by atoms with Crippen molar-refractivity contribution in [1.29, 1.82) is 0 Å². The van der Waals surface area contributed by atoms with Crippen LogP contribution in [0.3, 0.4) is 0 Å². The quantitative estimate of drug-likeness (QED) is 0.822. The molecule has 3 fully saturated rings. The van der Waals surface area contributed by atoms with Crippen molar-refractivity contribution in [1.82, 2.24) is 9.80 Å². The van der Waals surface area contributed by atoms with Crippen LogP contribution < -0.4 is 9.80 Å². The zero-order valence-electron chi connectivity index (χ0n) is 15.6. The predicted molar refractivity (Wildman–Crippen MR) is 102 cm³/mol. The number of carbonyl (C=O) groups is 2. The Bertz CT molecular complexity index is 661. The summed E-state index contributed by atoms with van der Waals surface area (Å²) in [7, 11) is 2.08. The summed E-state index contributed by atoms with van der Waals surface area (Å²) in [5.41, 5.74) is 2.13. The molecule has 140 valence electrons. The van der Waals surface area contributed by atoms with Crippen molar-refractivity contribution in [2.75, 3.05) is 62.7 Å². The highest BCUT2D eigenvalue weighted by atomic mass is 16.2. The van der Waals surface area contributed by atoms with Gasteiger partial charge in [-0.15, -0.1) is 0 Å². The van der Waals surface area contributed by atoms with Crippen molar-refractivity contribution in [3.63, 3.8) is 0 Å². The van der Waals surface area contributed by atoms with Gasteiger partial charge in [-0.1, -0.05) is 0 Å². The van der Waals surface area contributed by atoms with E-state index in [0.717, 1.165) is 45.0 Å². The summed E-state index contributed by atoms with van der Waals surface area (Å²) in [5.74, 6) is -0.00167. The largest absolute Gasteiger partial charge is 0.372 e. The fourth-order valence-corrected chi connectivity index (χ4v) is 4.23. The normalized spacial score (nSPS) is 24.6. The third-order valence-electron chi connectivity index (χ3n) is 5.92. The standard InChI is InChI=1S/C20H28N4O2/c1-21-10-12-23(13-11-21)20(26)16-14-19(25)24(15-16)18-6-4-17(5-7-18)22-8-2-3-9-22/h4-7,16H,2-3,8-15H2,1H3. The summed E-state index contributed by atoms with van der Waals surface area (Å²) in [4.78, 5) is 33.6. The van der Waals surface area contributed by atoms with Crippen LogP contribution in [-0.2, 0) is 9.59 Å². The van der Waals surface area contributed by atoms with Crippen LogP contribution >= 0.6 is 0 Å². The molecule has 0 radical (unpaired) electrons. The van der Waals surface area contributed by atoms with E-state index in [4.69, 9.17) is 0 Å². The van der Waals surface area contributed by atoms with Crippen LogP contribution in [0.15, 0.2) is 24.3 Å². The second-order valence-electron chi connectivity index (χ2n) is 7.74. The molecule has 4 rings (SSSR count). The first-order chi connectivity index (χ1) is 12.6. The van der Waals surface area contributed by atoms with Gasteiger partial charge in [0.05, 0.1) is 5.92 Å². The minimum Gasteiger partial charge on any atom is -0.372 e. The van der Waals surface area contributed by atoms with Gasteiger partial charge in [0.2, 0.25) is 11.8 Å². The second-order valence-corrected chi connectivity index (χ2v) is 7.74.